The molecule has 0 bridgehead atoms. The standard InChI is InChI=1S/C16H22N2O2S/c1-3-11-18(13-14-9-10-14)21(19,20)16-8-6-5-7-15(16)12-17-4-2/h1,5-8,14,17H,4,9-13H2,2H3. The van der Waals surface area contributed by atoms with E-state index in [1.807, 2.05) is 19.1 Å². The molecule has 0 amide bonds. The fourth-order valence-corrected chi connectivity index (χ4v) is 3.89. The number of nitrogens with one attached hydrogen (secondary N) is 1. The largest absolute Gasteiger partial charge is 0.313 e. The summed E-state index contributed by atoms with van der Waals surface area (Å²) in [6, 6.07) is 7.13. The molecule has 1 aliphatic rings. The molecular formula is C16H22N2O2S. The van der Waals surface area contributed by atoms with Gasteiger partial charge in [0.25, 0.3) is 0 Å². The van der Waals surface area contributed by atoms with E-state index in [2.05, 4.69) is 11.2 Å². The molecule has 0 aromatic heterocycles. The van der Waals surface area contributed by atoms with E-state index in [0.717, 1.165) is 24.9 Å². The van der Waals surface area contributed by atoms with E-state index >= 15 is 0 Å². The van der Waals surface area contributed by atoms with Crippen LogP contribution in [0, 0.1) is 18.3 Å². The number of benzene rings is 1. The van der Waals surface area contributed by atoms with E-state index in [1.165, 1.54) is 4.31 Å². The first-order chi connectivity index (χ1) is 10.1. The highest BCUT2D eigenvalue weighted by Gasteiger charge is 2.32. The van der Waals surface area contributed by atoms with Crippen LogP contribution in [0.5, 0.6) is 0 Å². The Morgan fingerprint density at radius 1 is 1.38 bits per heavy atom. The first kappa shape index (κ1) is 16.0. The van der Waals surface area contributed by atoms with Gasteiger partial charge in [-0.15, -0.1) is 6.42 Å². The molecule has 0 unspecified atom stereocenters. The van der Waals surface area contributed by atoms with Crippen molar-refractivity contribution in [1.29, 1.82) is 0 Å². The quantitative estimate of drug-likeness (QED) is 0.746. The van der Waals surface area contributed by atoms with Gasteiger partial charge in [0.15, 0.2) is 0 Å². The smallest absolute Gasteiger partial charge is 0.244 e. The monoisotopic (exact) mass is 306 g/mol. The third-order valence-corrected chi connectivity index (χ3v) is 5.49. The van der Waals surface area contributed by atoms with E-state index in [-0.39, 0.29) is 6.54 Å². The predicted octanol–water partition coefficient (Wildman–Crippen LogP) is 1.83. The van der Waals surface area contributed by atoms with Gasteiger partial charge in [-0.2, -0.15) is 4.31 Å². The summed E-state index contributed by atoms with van der Waals surface area (Å²) in [5, 5.41) is 3.18. The van der Waals surface area contributed by atoms with Gasteiger partial charge < -0.3 is 5.32 Å². The summed E-state index contributed by atoms with van der Waals surface area (Å²) in [5.74, 6) is 2.94. The van der Waals surface area contributed by atoms with Crippen LogP contribution in [0.15, 0.2) is 29.2 Å². The lowest BCUT2D eigenvalue weighted by Crippen LogP contribution is -2.34. The Labute approximate surface area is 127 Å². The Morgan fingerprint density at radius 3 is 2.71 bits per heavy atom. The summed E-state index contributed by atoms with van der Waals surface area (Å²) in [6.07, 6.45) is 7.54. The second-order valence-corrected chi connectivity index (χ2v) is 7.24. The van der Waals surface area contributed by atoms with E-state index in [0.29, 0.717) is 23.9 Å². The molecule has 1 fully saturated rings. The Balaban J connectivity index is 2.30. The minimum atomic E-state index is -3.53. The van der Waals surface area contributed by atoms with Gasteiger partial charge in [-0.05, 0) is 36.9 Å². The summed E-state index contributed by atoms with van der Waals surface area (Å²) >= 11 is 0. The maximum Gasteiger partial charge on any atom is 0.244 e. The van der Waals surface area contributed by atoms with Crippen LogP contribution in [0.3, 0.4) is 0 Å². The van der Waals surface area contributed by atoms with Crippen molar-refractivity contribution in [3.8, 4) is 12.3 Å². The molecule has 2 rings (SSSR count). The molecule has 21 heavy (non-hydrogen) atoms. The highest BCUT2D eigenvalue weighted by atomic mass is 32.2. The van der Waals surface area contributed by atoms with E-state index in [1.54, 1.807) is 12.1 Å². The van der Waals surface area contributed by atoms with E-state index in [9.17, 15) is 8.42 Å². The number of hydrogen-bond acceptors (Lipinski definition) is 3. The molecule has 1 aromatic carbocycles. The number of nitrogens with zero attached hydrogens (tertiary/aromatic N) is 1. The van der Waals surface area contributed by atoms with Crippen LogP contribution in [0.1, 0.15) is 25.3 Å². The molecule has 0 heterocycles. The van der Waals surface area contributed by atoms with Crippen LogP contribution in [0.25, 0.3) is 0 Å². The first-order valence-electron chi connectivity index (χ1n) is 7.31. The lowest BCUT2D eigenvalue weighted by Gasteiger charge is -2.21. The van der Waals surface area contributed by atoms with Crippen LogP contribution < -0.4 is 5.32 Å². The van der Waals surface area contributed by atoms with Gasteiger partial charge in [0.05, 0.1) is 11.4 Å². The van der Waals surface area contributed by atoms with Gasteiger partial charge in [0, 0.05) is 13.1 Å². The zero-order valence-electron chi connectivity index (χ0n) is 12.4. The third-order valence-electron chi connectivity index (χ3n) is 3.58. The van der Waals surface area contributed by atoms with Gasteiger partial charge in [-0.3, -0.25) is 0 Å². The van der Waals surface area contributed by atoms with Crippen LogP contribution in [-0.2, 0) is 16.6 Å². The Hall–Kier alpha value is -1.35. The summed E-state index contributed by atoms with van der Waals surface area (Å²) < 4.78 is 27.2. The summed E-state index contributed by atoms with van der Waals surface area (Å²) in [4.78, 5) is 0.363. The molecule has 0 saturated heterocycles. The molecule has 0 aliphatic heterocycles. The van der Waals surface area contributed by atoms with Gasteiger partial charge in [-0.1, -0.05) is 31.0 Å². The summed E-state index contributed by atoms with van der Waals surface area (Å²) in [6.45, 7) is 4.00. The van der Waals surface area contributed by atoms with E-state index < -0.39 is 10.0 Å². The normalized spacial score (nSPS) is 15.1. The lowest BCUT2D eigenvalue weighted by atomic mass is 10.2. The zero-order valence-corrected chi connectivity index (χ0v) is 13.2. The molecule has 1 saturated carbocycles. The second-order valence-electron chi connectivity index (χ2n) is 5.33. The predicted molar refractivity (Wildman–Crippen MR) is 84.1 cm³/mol. The van der Waals surface area contributed by atoms with Crippen molar-refractivity contribution >= 4 is 10.0 Å². The molecule has 0 spiro atoms. The molecule has 0 atom stereocenters. The Bertz CT molecular complexity index is 615. The molecule has 5 heteroatoms. The third kappa shape index (κ3) is 4.07. The molecule has 1 N–H and O–H groups in total. The van der Waals surface area contributed by atoms with Gasteiger partial charge in [0.1, 0.15) is 0 Å². The number of hydrogen-bond donors (Lipinski definition) is 1. The molecule has 1 aromatic rings. The van der Waals surface area contributed by atoms with Gasteiger partial charge >= 0.3 is 0 Å². The fraction of sp³-hybridized carbons (Fsp3) is 0.500. The van der Waals surface area contributed by atoms with Gasteiger partial charge in [-0.25, -0.2) is 8.42 Å². The highest BCUT2D eigenvalue weighted by Crippen LogP contribution is 2.32. The fourth-order valence-electron chi connectivity index (χ4n) is 2.24. The maximum absolute atomic E-state index is 12.9. The average Bonchev–Trinajstić information content (AvgIpc) is 3.29. The molecule has 4 nitrogen and oxygen atoms in total. The molecule has 0 radical (unpaired) electrons. The van der Waals surface area contributed by atoms with Crippen molar-refractivity contribution in [3.05, 3.63) is 29.8 Å². The van der Waals surface area contributed by atoms with Crippen LogP contribution >= 0.6 is 0 Å². The van der Waals surface area contributed by atoms with Crippen molar-refractivity contribution in [1.82, 2.24) is 9.62 Å². The van der Waals surface area contributed by atoms with Crippen molar-refractivity contribution in [2.45, 2.75) is 31.2 Å². The van der Waals surface area contributed by atoms with E-state index in [4.69, 9.17) is 6.42 Å². The van der Waals surface area contributed by atoms with Crippen LogP contribution in [0.2, 0.25) is 0 Å². The second kappa shape index (κ2) is 7.08. The van der Waals surface area contributed by atoms with Crippen molar-refractivity contribution in [2.24, 2.45) is 5.92 Å². The molecular weight excluding hydrogens is 284 g/mol. The summed E-state index contributed by atoms with van der Waals surface area (Å²) in [5.41, 5.74) is 0.789. The van der Waals surface area contributed by atoms with Crippen LogP contribution in [0.4, 0.5) is 0 Å². The highest BCUT2D eigenvalue weighted by molar-refractivity contribution is 7.89. The van der Waals surface area contributed by atoms with Crippen molar-refractivity contribution in [3.63, 3.8) is 0 Å². The topological polar surface area (TPSA) is 49.4 Å². The first-order valence-corrected chi connectivity index (χ1v) is 8.75. The Kier molecular flexibility index (Phi) is 5.40. The number of terminal acetylenes is 1. The number of sulfonamides is 1. The minimum Gasteiger partial charge on any atom is -0.313 e. The number of rotatable bonds is 8. The van der Waals surface area contributed by atoms with Crippen LogP contribution in [-0.4, -0.2) is 32.4 Å². The van der Waals surface area contributed by atoms with Crippen molar-refractivity contribution < 1.29 is 8.42 Å². The summed E-state index contributed by atoms with van der Waals surface area (Å²) in [7, 11) is -3.53. The zero-order chi connectivity index (χ0) is 15.3. The average molecular weight is 306 g/mol. The molecule has 1 aliphatic carbocycles. The lowest BCUT2D eigenvalue weighted by molar-refractivity contribution is 0.429. The van der Waals surface area contributed by atoms with Crippen molar-refractivity contribution in [2.75, 3.05) is 19.6 Å². The molecule has 114 valence electrons. The maximum atomic E-state index is 12.9. The van der Waals surface area contributed by atoms with Gasteiger partial charge in [0.2, 0.25) is 10.0 Å². The Morgan fingerprint density at radius 2 is 2.10 bits per heavy atom. The SMILES string of the molecule is C#CCN(CC1CC1)S(=O)(=O)c1ccccc1CNCC. The minimum absolute atomic E-state index is 0.133.